The Morgan fingerprint density at radius 2 is 1.69 bits per heavy atom. The second kappa shape index (κ2) is 12.0. The summed E-state index contributed by atoms with van der Waals surface area (Å²) in [6.45, 7) is 3.46. The van der Waals surface area contributed by atoms with Crippen LogP contribution < -0.4 is 5.32 Å². The molecule has 1 fully saturated rings. The SMILES string of the molecule is Cc1ccccc1CN(C(=O)CN(C)S(=O)(=O)c1ccc(Cl)cc1)[C@H](C)C(=O)NC1CCCCC1. The summed E-state index contributed by atoms with van der Waals surface area (Å²) in [5, 5.41) is 3.51. The van der Waals surface area contributed by atoms with Gasteiger partial charge in [-0.1, -0.05) is 55.1 Å². The van der Waals surface area contributed by atoms with Gasteiger partial charge in [0.15, 0.2) is 0 Å². The van der Waals surface area contributed by atoms with Crippen LogP contribution in [-0.4, -0.2) is 55.1 Å². The van der Waals surface area contributed by atoms with E-state index < -0.39 is 28.5 Å². The number of rotatable bonds is 9. The molecule has 2 amide bonds. The predicted molar refractivity (Wildman–Crippen MR) is 137 cm³/mol. The van der Waals surface area contributed by atoms with Gasteiger partial charge < -0.3 is 10.2 Å². The fraction of sp³-hybridized carbons (Fsp3) is 0.462. The number of hydrogen-bond acceptors (Lipinski definition) is 4. The summed E-state index contributed by atoms with van der Waals surface area (Å²) in [4.78, 5) is 28.1. The molecule has 0 saturated heterocycles. The normalized spacial score (nSPS) is 15.6. The van der Waals surface area contributed by atoms with E-state index in [0.29, 0.717) is 5.02 Å². The first-order chi connectivity index (χ1) is 16.6. The topological polar surface area (TPSA) is 86.8 Å². The van der Waals surface area contributed by atoms with Crippen LogP contribution in [0.25, 0.3) is 0 Å². The molecule has 2 aromatic rings. The quantitative estimate of drug-likeness (QED) is 0.539. The fourth-order valence-electron chi connectivity index (χ4n) is 4.28. The monoisotopic (exact) mass is 519 g/mol. The third kappa shape index (κ3) is 7.06. The molecule has 1 atom stereocenters. The molecule has 9 heteroatoms. The first kappa shape index (κ1) is 27.2. The second-order valence-electron chi connectivity index (χ2n) is 9.18. The Hall–Kier alpha value is -2.42. The van der Waals surface area contributed by atoms with Crippen LogP contribution in [0.5, 0.6) is 0 Å². The third-order valence-electron chi connectivity index (χ3n) is 6.60. The standard InChI is InChI=1S/C26H34ClN3O4S/c1-19-9-7-8-10-21(19)17-30(20(2)26(32)28-23-11-5-4-6-12-23)25(31)18-29(3)35(33,34)24-15-13-22(27)14-16-24/h7-10,13-16,20,23H,4-6,11-12,17-18H2,1-3H3,(H,28,32)/t20-/m1/s1. The second-order valence-corrected chi connectivity index (χ2v) is 11.7. The zero-order valence-corrected chi connectivity index (χ0v) is 22.1. The number of likely N-dealkylation sites (N-methyl/N-ethyl adjacent to an activating group) is 1. The van der Waals surface area contributed by atoms with Gasteiger partial charge in [0.1, 0.15) is 6.04 Å². The predicted octanol–water partition coefficient (Wildman–Crippen LogP) is 4.14. The first-order valence-electron chi connectivity index (χ1n) is 12.0. The first-order valence-corrected chi connectivity index (χ1v) is 13.8. The Kier molecular flexibility index (Phi) is 9.33. The van der Waals surface area contributed by atoms with E-state index in [1.165, 1.54) is 42.6 Å². The molecule has 1 aliphatic rings. The fourth-order valence-corrected chi connectivity index (χ4v) is 5.52. The van der Waals surface area contributed by atoms with E-state index in [1.807, 2.05) is 31.2 Å². The minimum Gasteiger partial charge on any atom is -0.352 e. The van der Waals surface area contributed by atoms with Gasteiger partial charge in [-0.2, -0.15) is 4.31 Å². The Bertz CT molecular complexity index is 1130. The van der Waals surface area contributed by atoms with Crippen LogP contribution in [0.4, 0.5) is 0 Å². The molecule has 0 bridgehead atoms. The van der Waals surface area contributed by atoms with E-state index in [9.17, 15) is 18.0 Å². The van der Waals surface area contributed by atoms with E-state index in [2.05, 4.69) is 5.32 Å². The summed E-state index contributed by atoms with van der Waals surface area (Å²) in [6, 6.07) is 12.8. The van der Waals surface area contributed by atoms with Crippen molar-refractivity contribution in [3.8, 4) is 0 Å². The Morgan fingerprint density at radius 1 is 1.06 bits per heavy atom. The summed E-state index contributed by atoms with van der Waals surface area (Å²) >= 11 is 5.88. The highest BCUT2D eigenvalue weighted by Gasteiger charge is 2.31. The lowest BCUT2D eigenvalue weighted by atomic mass is 9.95. The molecule has 0 unspecified atom stereocenters. The van der Waals surface area contributed by atoms with Crippen LogP contribution >= 0.6 is 11.6 Å². The van der Waals surface area contributed by atoms with Crippen molar-refractivity contribution in [2.75, 3.05) is 13.6 Å². The van der Waals surface area contributed by atoms with Crippen LogP contribution in [0.1, 0.15) is 50.2 Å². The lowest BCUT2D eigenvalue weighted by Crippen LogP contribution is -2.52. The molecule has 3 rings (SSSR count). The number of aryl methyl sites for hydroxylation is 1. The average molecular weight is 520 g/mol. The van der Waals surface area contributed by atoms with Crippen molar-refractivity contribution < 1.29 is 18.0 Å². The number of nitrogens with zero attached hydrogens (tertiary/aromatic N) is 2. The molecule has 2 aromatic carbocycles. The highest BCUT2D eigenvalue weighted by molar-refractivity contribution is 7.89. The van der Waals surface area contributed by atoms with E-state index in [-0.39, 0.29) is 23.4 Å². The van der Waals surface area contributed by atoms with Crippen molar-refractivity contribution in [3.05, 3.63) is 64.7 Å². The van der Waals surface area contributed by atoms with Gasteiger partial charge in [0.25, 0.3) is 0 Å². The van der Waals surface area contributed by atoms with E-state index in [1.54, 1.807) is 6.92 Å². The zero-order chi connectivity index (χ0) is 25.6. The third-order valence-corrected chi connectivity index (χ3v) is 8.67. The summed E-state index contributed by atoms with van der Waals surface area (Å²) in [5.74, 6) is -0.665. The summed E-state index contributed by atoms with van der Waals surface area (Å²) < 4.78 is 27.0. The Morgan fingerprint density at radius 3 is 2.31 bits per heavy atom. The minimum atomic E-state index is -3.91. The maximum Gasteiger partial charge on any atom is 0.243 e. The molecule has 0 aromatic heterocycles. The summed E-state index contributed by atoms with van der Waals surface area (Å²) in [7, 11) is -2.55. The van der Waals surface area contributed by atoms with Gasteiger partial charge in [-0.15, -0.1) is 0 Å². The van der Waals surface area contributed by atoms with Crippen molar-refractivity contribution in [3.63, 3.8) is 0 Å². The van der Waals surface area contributed by atoms with Crippen LogP contribution in [0.15, 0.2) is 53.4 Å². The number of carbonyl (C=O) groups excluding carboxylic acids is 2. The van der Waals surface area contributed by atoms with Gasteiger partial charge in [0.05, 0.1) is 11.4 Å². The molecule has 1 saturated carbocycles. The molecule has 0 spiro atoms. The highest BCUT2D eigenvalue weighted by Crippen LogP contribution is 2.20. The van der Waals surface area contributed by atoms with Crippen molar-refractivity contribution in [1.29, 1.82) is 0 Å². The number of nitrogens with one attached hydrogen (secondary N) is 1. The van der Waals surface area contributed by atoms with Gasteiger partial charge in [0, 0.05) is 24.7 Å². The maximum absolute atomic E-state index is 13.5. The largest absolute Gasteiger partial charge is 0.352 e. The molecule has 1 aliphatic carbocycles. The molecule has 7 nitrogen and oxygen atoms in total. The van der Waals surface area contributed by atoms with Gasteiger partial charge >= 0.3 is 0 Å². The van der Waals surface area contributed by atoms with E-state index in [4.69, 9.17) is 11.6 Å². The molecular weight excluding hydrogens is 486 g/mol. The van der Waals surface area contributed by atoms with Crippen molar-refractivity contribution >= 4 is 33.4 Å². The van der Waals surface area contributed by atoms with Crippen molar-refractivity contribution in [2.24, 2.45) is 0 Å². The highest BCUT2D eigenvalue weighted by atomic mass is 35.5. The molecule has 190 valence electrons. The molecule has 0 aliphatic heterocycles. The van der Waals surface area contributed by atoms with Crippen LogP contribution in [0, 0.1) is 6.92 Å². The minimum absolute atomic E-state index is 0.0470. The van der Waals surface area contributed by atoms with E-state index >= 15 is 0 Å². The lowest BCUT2D eigenvalue weighted by Gasteiger charge is -2.32. The van der Waals surface area contributed by atoms with Crippen LogP contribution in [0.2, 0.25) is 5.02 Å². The number of benzene rings is 2. The molecule has 0 radical (unpaired) electrons. The number of halogens is 1. The number of sulfonamides is 1. The van der Waals surface area contributed by atoms with Gasteiger partial charge in [0.2, 0.25) is 21.8 Å². The van der Waals surface area contributed by atoms with E-state index in [0.717, 1.165) is 41.1 Å². The number of hydrogen-bond donors (Lipinski definition) is 1. The average Bonchev–Trinajstić information content (AvgIpc) is 2.84. The van der Waals surface area contributed by atoms with Gasteiger partial charge in [-0.05, 0) is 62.1 Å². The zero-order valence-electron chi connectivity index (χ0n) is 20.5. The number of amides is 2. The molecule has 1 N–H and O–H groups in total. The van der Waals surface area contributed by atoms with Crippen molar-refractivity contribution in [1.82, 2.24) is 14.5 Å². The van der Waals surface area contributed by atoms with Gasteiger partial charge in [-0.3, -0.25) is 9.59 Å². The van der Waals surface area contributed by atoms with Crippen molar-refractivity contribution in [2.45, 2.75) is 69.5 Å². The Balaban J connectivity index is 1.80. The lowest BCUT2D eigenvalue weighted by molar-refractivity contribution is -0.141. The molecule has 35 heavy (non-hydrogen) atoms. The maximum atomic E-state index is 13.5. The number of carbonyl (C=O) groups is 2. The van der Waals surface area contributed by atoms with Crippen LogP contribution in [-0.2, 0) is 26.2 Å². The molecule has 0 heterocycles. The van der Waals surface area contributed by atoms with Gasteiger partial charge in [-0.25, -0.2) is 8.42 Å². The smallest absolute Gasteiger partial charge is 0.243 e. The molecular formula is C26H34ClN3O4S. The summed E-state index contributed by atoms with van der Waals surface area (Å²) in [5.41, 5.74) is 1.90. The summed E-state index contributed by atoms with van der Waals surface area (Å²) in [6.07, 6.45) is 5.21. The van der Waals surface area contributed by atoms with Crippen LogP contribution in [0.3, 0.4) is 0 Å². The Labute approximate surface area is 213 Å².